The first-order valence-corrected chi connectivity index (χ1v) is 11.3. The van der Waals surface area contributed by atoms with Gasteiger partial charge in [0, 0.05) is 30.1 Å². The summed E-state index contributed by atoms with van der Waals surface area (Å²) in [4.78, 5) is 7.87. The van der Waals surface area contributed by atoms with Crippen LogP contribution in [0.15, 0.2) is 72.0 Å². The molecule has 0 saturated carbocycles. The SMILES string of the molecule is Cc1cnc2c(C(F)(F)F)cccc2c1-c1cccc(Oc2ccnc(S(C)(=O)=O)c2)c1. The van der Waals surface area contributed by atoms with Gasteiger partial charge in [0.25, 0.3) is 0 Å². The van der Waals surface area contributed by atoms with Crippen LogP contribution in [0.3, 0.4) is 0 Å². The molecule has 4 rings (SSSR count). The van der Waals surface area contributed by atoms with Gasteiger partial charge in [0.1, 0.15) is 11.5 Å². The number of sulfone groups is 1. The fourth-order valence-corrected chi connectivity index (χ4v) is 4.03. The number of rotatable bonds is 4. The molecule has 164 valence electrons. The predicted octanol–water partition coefficient (Wildman–Crippen LogP) is 5.82. The molecule has 0 atom stereocenters. The zero-order valence-corrected chi connectivity index (χ0v) is 17.8. The zero-order chi connectivity index (χ0) is 23.1. The summed E-state index contributed by atoms with van der Waals surface area (Å²) in [5.74, 6) is 0.665. The molecule has 2 aromatic carbocycles. The topological polar surface area (TPSA) is 69.2 Å². The number of para-hydroxylation sites is 1. The average Bonchev–Trinajstić information content (AvgIpc) is 2.72. The summed E-state index contributed by atoms with van der Waals surface area (Å²) < 4.78 is 69.7. The third-order valence-corrected chi connectivity index (χ3v) is 5.82. The molecule has 4 aromatic rings. The van der Waals surface area contributed by atoms with Crippen molar-refractivity contribution in [2.75, 3.05) is 6.26 Å². The highest BCUT2D eigenvalue weighted by Crippen LogP contribution is 2.39. The summed E-state index contributed by atoms with van der Waals surface area (Å²) in [5.41, 5.74) is 1.03. The van der Waals surface area contributed by atoms with Crippen molar-refractivity contribution in [3.05, 3.63) is 78.1 Å². The summed E-state index contributed by atoms with van der Waals surface area (Å²) in [6.45, 7) is 1.77. The Balaban J connectivity index is 1.80. The molecule has 32 heavy (non-hydrogen) atoms. The van der Waals surface area contributed by atoms with Crippen LogP contribution >= 0.6 is 0 Å². The fourth-order valence-electron chi connectivity index (χ4n) is 3.44. The van der Waals surface area contributed by atoms with Crippen molar-refractivity contribution in [2.24, 2.45) is 0 Å². The second kappa shape index (κ2) is 7.90. The number of nitrogens with zero attached hydrogens (tertiary/aromatic N) is 2. The van der Waals surface area contributed by atoms with Crippen LogP contribution in [0, 0.1) is 6.92 Å². The number of benzene rings is 2. The van der Waals surface area contributed by atoms with Crippen LogP contribution in [0.2, 0.25) is 0 Å². The molecule has 9 heteroatoms. The van der Waals surface area contributed by atoms with Gasteiger partial charge in [-0.3, -0.25) is 4.98 Å². The Kier molecular flexibility index (Phi) is 5.37. The molecular weight excluding hydrogens is 441 g/mol. The second-order valence-corrected chi connectivity index (χ2v) is 9.21. The third kappa shape index (κ3) is 4.29. The molecule has 0 unspecified atom stereocenters. The Labute approximate surface area is 182 Å². The first-order valence-electron chi connectivity index (χ1n) is 9.44. The molecule has 0 radical (unpaired) electrons. The molecule has 0 aliphatic carbocycles. The summed E-state index contributed by atoms with van der Waals surface area (Å²) in [7, 11) is -3.50. The molecular formula is C23H17F3N2O3S. The standard InChI is InChI=1S/C23H17F3N2O3S/c1-14-13-28-22-18(7-4-8-19(22)23(24,25)26)21(14)15-5-3-6-16(11-15)31-17-9-10-27-20(12-17)32(2,29)30/h3-13H,1-2H3. The van der Waals surface area contributed by atoms with E-state index in [9.17, 15) is 21.6 Å². The summed E-state index contributed by atoms with van der Waals surface area (Å²) >= 11 is 0. The monoisotopic (exact) mass is 458 g/mol. The number of aromatic nitrogens is 2. The summed E-state index contributed by atoms with van der Waals surface area (Å²) in [5, 5.41) is 0.252. The van der Waals surface area contributed by atoms with Crippen LogP contribution in [-0.2, 0) is 16.0 Å². The molecule has 0 fully saturated rings. The molecule has 2 aromatic heterocycles. The number of halogens is 3. The smallest absolute Gasteiger partial charge is 0.418 e. The number of fused-ring (bicyclic) bond motifs is 1. The van der Waals surface area contributed by atoms with Gasteiger partial charge in [0.05, 0.1) is 11.1 Å². The quantitative estimate of drug-likeness (QED) is 0.385. The van der Waals surface area contributed by atoms with Crippen LogP contribution in [0.25, 0.3) is 22.0 Å². The summed E-state index contributed by atoms with van der Waals surface area (Å²) in [6, 6.07) is 13.6. The number of alkyl halides is 3. The second-order valence-electron chi connectivity index (χ2n) is 7.25. The van der Waals surface area contributed by atoms with Gasteiger partial charge in [-0.25, -0.2) is 13.4 Å². The van der Waals surface area contributed by atoms with Crippen LogP contribution < -0.4 is 4.74 Å². The Morgan fingerprint density at radius 2 is 1.66 bits per heavy atom. The Hall–Kier alpha value is -3.46. The normalized spacial score (nSPS) is 12.2. The van der Waals surface area contributed by atoms with Crippen molar-refractivity contribution in [2.45, 2.75) is 18.1 Å². The lowest BCUT2D eigenvalue weighted by Gasteiger charge is -2.15. The highest BCUT2D eigenvalue weighted by molar-refractivity contribution is 7.90. The zero-order valence-electron chi connectivity index (χ0n) is 17.0. The lowest BCUT2D eigenvalue weighted by atomic mass is 9.95. The number of ether oxygens (including phenoxy) is 1. The minimum Gasteiger partial charge on any atom is -0.457 e. The molecule has 5 nitrogen and oxygen atoms in total. The van der Waals surface area contributed by atoms with Crippen LogP contribution in [-0.4, -0.2) is 24.6 Å². The number of hydrogen-bond acceptors (Lipinski definition) is 5. The Morgan fingerprint density at radius 3 is 2.38 bits per heavy atom. The van der Waals surface area contributed by atoms with E-state index in [1.54, 1.807) is 37.3 Å². The van der Waals surface area contributed by atoms with Crippen LogP contribution in [0.5, 0.6) is 11.5 Å². The van der Waals surface area contributed by atoms with Crippen molar-refractivity contribution in [3.63, 3.8) is 0 Å². The minimum absolute atomic E-state index is 0.123. The van der Waals surface area contributed by atoms with Crippen molar-refractivity contribution in [1.82, 2.24) is 9.97 Å². The molecule has 0 aliphatic rings. The van der Waals surface area contributed by atoms with E-state index < -0.39 is 21.6 Å². The largest absolute Gasteiger partial charge is 0.457 e. The lowest BCUT2D eigenvalue weighted by molar-refractivity contribution is -0.136. The van der Waals surface area contributed by atoms with Gasteiger partial charge in [-0.15, -0.1) is 0 Å². The molecule has 0 bridgehead atoms. The van der Waals surface area contributed by atoms with Gasteiger partial charge in [-0.1, -0.05) is 24.3 Å². The minimum atomic E-state index is -4.53. The highest BCUT2D eigenvalue weighted by Gasteiger charge is 2.33. The van der Waals surface area contributed by atoms with E-state index >= 15 is 0 Å². The number of aryl methyl sites for hydroxylation is 1. The highest BCUT2D eigenvalue weighted by atomic mass is 32.2. The summed E-state index contributed by atoms with van der Waals surface area (Å²) in [6.07, 6.45) is -0.731. The third-order valence-electron chi connectivity index (χ3n) is 4.84. The van der Waals surface area contributed by atoms with Crippen molar-refractivity contribution in [1.29, 1.82) is 0 Å². The van der Waals surface area contributed by atoms with Gasteiger partial charge in [0.15, 0.2) is 14.9 Å². The van der Waals surface area contributed by atoms with E-state index in [-0.39, 0.29) is 16.3 Å². The molecule has 0 N–H and O–H groups in total. The average molecular weight is 458 g/mol. The maximum Gasteiger partial charge on any atom is 0.418 e. The van der Waals surface area contributed by atoms with E-state index in [1.807, 2.05) is 0 Å². The maximum atomic E-state index is 13.5. The van der Waals surface area contributed by atoms with Gasteiger partial charge >= 0.3 is 6.18 Å². The van der Waals surface area contributed by atoms with Gasteiger partial charge in [-0.2, -0.15) is 13.2 Å². The number of pyridine rings is 2. The number of hydrogen-bond donors (Lipinski definition) is 0. The van der Waals surface area contributed by atoms with E-state index in [4.69, 9.17) is 4.74 Å². The maximum absolute atomic E-state index is 13.5. The van der Waals surface area contributed by atoms with Crippen molar-refractivity contribution in [3.8, 4) is 22.6 Å². The molecule has 2 heterocycles. The molecule has 0 spiro atoms. The predicted molar refractivity (Wildman–Crippen MR) is 114 cm³/mol. The van der Waals surface area contributed by atoms with E-state index in [2.05, 4.69) is 9.97 Å². The van der Waals surface area contributed by atoms with Gasteiger partial charge in [-0.05, 0) is 47.9 Å². The first kappa shape index (κ1) is 21.8. The van der Waals surface area contributed by atoms with E-state index in [0.717, 1.165) is 12.3 Å². The van der Waals surface area contributed by atoms with Crippen LogP contribution in [0.4, 0.5) is 13.2 Å². The van der Waals surface area contributed by atoms with Crippen LogP contribution in [0.1, 0.15) is 11.1 Å². The first-order chi connectivity index (χ1) is 15.0. The lowest BCUT2D eigenvalue weighted by Crippen LogP contribution is -2.07. The van der Waals surface area contributed by atoms with Crippen molar-refractivity contribution >= 4 is 20.7 Å². The molecule has 0 aliphatic heterocycles. The Morgan fingerprint density at radius 1 is 0.938 bits per heavy atom. The fraction of sp³-hybridized carbons (Fsp3) is 0.130. The molecule has 0 saturated heterocycles. The van der Waals surface area contributed by atoms with E-state index in [0.29, 0.717) is 27.8 Å². The Bertz CT molecular complexity index is 1430. The van der Waals surface area contributed by atoms with Gasteiger partial charge in [0.2, 0.25) is 0 Å². The molecule has 0 amide bonds. The van der Waals surface area contributed by atoms with E-state index in [1.165, 1.54) is 30.6 Å². The van der Waals surface area contributed by atoms with Gasteiger partial charge < -0.3 is 4.74 Å². The van der Waals surface area contributed by atoms with Crippen molar-refractivity contribution < 1.29 is 26.3 Å².